The van der Waals surface area contributed by atoms with Gasteiger partial charge in [-0.15, -0.1) is 0 Å². The smallest absolute Gasteiger partial charge is 0.193 e. The Morgan fingerprint density at radius 1 is 1.52 bits per heavy atom. The highest BCUT2D eigenvalue weighted by molar-refractivity contribution is 5.80. The van der Waals surface area contributed by atoms with Crippen LogP contribution in [0.1, 0.15) is 17.5 Å². The van der Waals surface area contributed by atoms with E-state index in [1.54, 1.807) is 33.2 Å². The van der Waals surface area contributed by atoms with Gasteiger partial charge in [0.15, 0.2) is 5.96 Å². The second kappa shape index (κ2) is 7.41. The van der Waals surface area contributed by atoms with Crippen LogP contribution in [-0.2, 0) is 11.3 Å². The summed E-state index contributed by atoms with van der Waals surface area (Å²) in [4.78, 5) is 6.55. The summed E-state index contributed by atoms with van der Waals surface area (Å²) >= 11 is 0. The first kappa shape index (κ1) is 15.8. The van der Waals surface area contributed by atoms with Crippen LogP contribution < -0.4 is 5.32 Å². The Balaban J connectivity index is 1.90. The maximum atomic E-state index is 13.5. The monoisotopic (exact) mass is 293 g/mol. The quantitative estimate of drug-likeness (QED) is 0.683. The number of aliphatic imine (C=N–C) groups is 1. The van der Waals surface area contributed by atoms with Crippen molar-refractivity contribution in [1.82, 2.24) is 10.2 Å². The molecule has 0 aliphatic carbocycles. The highest BCUT2D eigenvalue weighted by Gasteiger charge is 2.24. The first-order valence-corrected chi connectivity index (χ1v) is 7.33. The number of hydrogen-bond acceptors (Lipinski definition) is 2. The predicted molar refractivity (Wildman–Crippen MR) is 82.9 cm³/mol. The Labute approximate surface area is 126 Å². The van der Waals surface area contributed by atoms with E-state index in [2.05, 4.69) is 15.2 Å². The first-order valence-electron chi connectivity index (χ1n) is 7.33. The Bertz CT molecular complexity index is 504. The van der Waals surface area contributed by atoms with Gasteiger partial charge >= 0.3 is 0 Å². The van der Waals surface area contributed by atoms with Crippen molar-refractivity contribution in [2.75, 3.05) is 33.9 Å². The van der Waals surface area contributed by atoms with Gasteiger partial charge in [0, 0.05) is 39.7 Å². The molecule has 0 radical (unpaired) electrons. The van der Waals surface area contributed by atoms with Gasteiger partial charge in [0.1, 0.15) is 5.82 Å². The minimum atomic E-state index is -0.161. The fraction of sp³-hybridized carbons (Fsp3) is 0.562. The van der Waals surface area contributed by atoms with E-state index in [1.165, 1.54) is 0 Å². The normalized spacial score (nSPS) is 19.1. The number of hydrogen-bond donors (Lipinski definition) is 1. The zero-order valence-corrected chi connectivity index (χ0v) is 13.0. The van der Waals surface area contributed by atoms with Crippen molar-refractivity contribution < 1.29 is 9.13 Å². The van der Waals surface area contributed by atoms with Crippen LogP contribution in [0.5, 0.6) is 0 Å². The van der Waals surface area contributed by atoms with Gasteiger partial charge in [0.25, 0.3) is 0 Å². The minimum absolute atomic E-state index is 0.161. The van der Waals surface area contributed by atoms with E-state index in [4.69, 9.17) is 4.74 Å². The number of likely N-dealkylation sites (tertiary alicyclic amines) is 1. The van der Waals surface area contributed by atoms with Crippen molar-refractivity contribution in [1.29, 1.82) is 0 Å². The number of methoxy groups -OCH3 is 1. The van der Waals surface area contributed by atoms with Crippen LogP contribution >= 0.6 is 0 Å². The van der Waals surface area contributed by atoms with E-state index in [1.807, 2.05) is 6.07 Å². The molecule has 1 unspecified atom stereocenters. The first-order chi connectivity index (χ1) is 10.1. The summed E-state index contributed by atoms with van der Waals surface area (Å²) in [6.45, 7) is 5.07. The number of rotatable bonds is 4. The fourth-order valence-corrected chi connectivity index (χ4v) is 2.66. The molecule has 1 aromatic rings. The summed E-state index contributed by atoms with van der Waals surface area (Å²) in [5.74, 6) is 1.27. The molecule has 2 rings (SSSR count). The summed E-state index contributed by atoms with van der Waals surface area (Å²) in [6.07, 6.45) is 1.12. The molecule has 116 valence electrons. The molecule has 21 heavy (non-hydrogen) atoms. The molecule has 1 N–H and O–H groups in total. The predicted octanol–water partition coefficient (Wildman–Crippen LogP) is 2.18. The van der Waals surface area contributed by atoms with Crippen molar-refractivity contribution in [2.45, 2.75) is 19.9 Å². The molecule has 0 aromatic heterocycles. The van der Waals surface area contributed by atoms with Crippen molar-refractivity contribution in [3.05, 3.63) is 35.1 Å². The number of ether oxygens (including phenoxy) is 1. The van der Waals surface area contributed by atoms with E-state index in [-0.39, 0.29) is 5.82 Å². The van der Waals surface area contributed by atoms with Gasteiger partial charge < -0.3 is 15.0 Å². The summed E-state index contributed by atoms with van der Waals surface area (Å²) in [7, 11) is 3.52. The molecule has 1 heterocycles. The van der Waals surface area contributed by atoms with Crippen LogP contribution in [0, 0.1) is 18.7 Å². The van der Waals surface area contributed by atoms with Crippen LogP contribution in [0.4, 0.5) is 4.39 Å². The average molecular weight is 293 g/mol. The number of nitrogens with one attached hydrogen (secondary N) is 1. The number of benzene rings is 1. The maximum absolute atomic E-state index is 13.5. The molecule has 0 saturated carbocycles. The van der Waals surface area contributed by atoms with E-state index < -0.39 is 0 Å². The molecule has 1 atom stereocenters. The Morgan fingerprint density at radius 3 is 3.00 bits per heavy atom. The molecular weight excluding hydrogens is 269 g/mol. The van der Waals surface area contributed by atoms with Gasteiger partial charge in [-0.1, -0.05) is 12.1 Å². The molecule has 0 bridgehead atoms. The van der Waals surface area contributed by atoms with Crippen molar-refractivity contribution >= 4 is 5.96 Å². The van der Waals surface area contributed by atoms with E-state index in [0.29, 0.717) is 18.0 Å². The van der Waals surface area contributed by atoms with Gasteiger partial charge in [-0.05, 0) is 30.5 Å². The van der Waals surface area contributed by atoms with Crippen LogP contribution in [0.25, 0.3) is 0 Å². The van der Waals surface area contributed by atoms with E-state index in [0.717, 1.165) is 37.6 Å². The number of guanidine groups is 1. The van der Waals surface area contributed by atoms with Crippen LogP contribution in [0.15, 0.2) is 23.2 Å². The summed E-state index contributed by atoms with van der Waals surface area (Å²) in [5, 5.41) is 3.31. The van der Waals surface area contributed by atoms with Crippen LogP contribution in [0.3, 0.4) is 0 Å². The second-order valence-electron chi connectivity index (χ2n) is 5.54. The van der Waals surface area contributed by atoms with Gasteiger partial charge in [-0.25, -0.2) is 4.39 Å². The van der Waals surface area contributed by atoms with Gasteiger partial charge in [-0.3, -0.25) is 4.99 Å². The fourth-order valence-electron chi connectivity index (χ4n) is 2.66. The molecule has 1 aliphatic rings. The van der Waals surface area contributed by atoms with Crippen molar-refractivity contribution in [2.24, 2.45) is 10.9 Å². The van der Waals surface area contributed by atoms with E-state index in [9.17, 15) is 4.39 Å². The zero-order chi connectivity index (χ0) is 15.2. The van der Waals surface area contributed by atoms with Crippen molar-refractivity contribution in [3.8, 4) is 0 Å². The largest absolute Gasteiger partial charge is 0.384 e. The molecule has 0 spiro atoms. The standard InChI is InChI=1S/C16H24FN3O/c1-12-4-5-13(8-15(12)17)9-19-16(18-2)20-7-6-14(10-20)11-21-3/h4-5,8,14H,6-7,9-11H2,1-3H3,(H,18,19). The molecule has 4 nitrogen and oxygen atoms in total. The topological polar surface area (TPSA) is 36.9 Å². The Kier molecular flexibility index (Phi) is 5.56. The molecule has 1 fully saturated rings. The minimum Gasteiger partial charge on any atom is -0.384 e. The molecule has 1 aliphatic heterocycles. The lowest BCUT2D eigenvalue weighted by Crippen LogP contribution is -2.39. The third-order valence-corrected chi connectivity index (χ3v) is 3.89. The zero-order valence-electron chi connectivity index (χ0n) is 13.0. The van der Waals surface area contributed by atoms with E-state index >= 15 is 0 Å². The lowest BCUT2D eigenvalue weighted by molar-refractivity contribution is 0.157. The molecule has 1 aromatic carbocycles. The molecule has 5 heteroatoms. The summed E-state index contributed by atoms with van der Waals surface area (Å²) in [5.41, 5.74) is 1.59. The average Bonchev–Trinajstić information content (AvgIpc) is 2.92. The van der Waals surface area contributed by atoms with Gasteiger partial charge in [0.2, 0.25) is 0 Å². The molecule has 0 amide bonds. The number of aryl methyl sites for hydroxylation is 1. The number of nitrogens with zero attached hydrogens (tertiary/aromatic N) is 2. The maximum Gasteiger partial charge on any atom is 0.193 e. The Morgan fingerprint density at radius 2 is 2.33 bits per heavy atom. The highest BCUT2D eigenvalue weighted by Crippen LogP contribution is 2.16. The third-order valence-electron chi connectivity index (χ3n) is 3.89. The lowest BCUT2D eigenvalue weighted by atomic mass is 10.1. The van der Waals surface area contributed by atoms with Gasteiger partial charge in [0.05, 0.1) is 6.61 Å². The third kappa shape index (κ3) is 4.17. The van der Waals surface area contributed by atoms with Gasteiger partial charge in [-0.2, -0.15) is 0 Å². The number of halogens is 1. The SMILES string of the molecule is CN=C(NCc1ccc(C)c(F)c1)N1CCC(COC)C1. The molecule has 1 saturated heterocycles. The second-order valence-corrected chi connectivity index (χ2v) is 5.54. The van der Waals surface area contributed by atoms with Crippen LogP contribution in [0.2, 0.25) is 0 Å². The Hall–Kier alpha value is -1.62. The molecular formula is C16H24FN3O. The summed E-state index contributed by atoms with van der Waals surface area (Å²) in [6, 6.07) is 5.32. The highest BCUT2D eigenvalue weighted by atomic mass is 19.1. The van der Waals surface area contributed by atoms with Crippen molar-refractivity contribution in [3.63, 3.8) is 0 Å². The summed E-state index contributed by atoms with van der Waals surface area (Å²) < 4.78 is 18.8. The lowest BCUT2D eigenvalue weighted by Gasteiger charge is -2.21. The van der Waals surface area contributed by atoms with Crippen LogP contribution in [-0.4, -0.2) is 44.7 Å².